The van der Waals surface area contributed by atoms with Crippen LogP contribution in [0.25, 0.3) is 0 Å². The largest absolute Gasteiger partial charge is 0.369 e. The summed E-state index contributed by atoms with van der Waals surface area (Å²) in [5, 5.41) is 6.49. The standard InChI is InChI=1S/C23H39N5O2/c1-28-21(30)23(27-22(28)24,12-10-16-6-3-2-4-7-16)15-17-8-5-9-18(14-17)26-19-11-13-25-20(19)29/h16-19,26H,2-15H2,1H3,(H2,24,27)(H,25,29)/t17?,18-,19-,23+/m0/s1. The van der Waals surface area contributed by atoms with Gasteiger partial charge >= 0.3 is 0 Å². The Balaban J connectivity index is 1.40. The van der Waals surface area contributed by atoms with Crippen LogP contribution in [-0.2, 0) is 9.59 Å². The highest BCUT2D eigenvalue weighted by atomic mass is 16.2. The number of guanidine groups is 1. The fourth-order valence-electron chi connectivity index (χ4n) is 6.22. The summed E-state index contributed by atoms with van der Waals surface area (Å²) in [4.78, 5) is 31.5. The minimum Gasteiger partial charge on any atom is -0.369 e. The van der Waals surface area contributed by atoms with Crippen molar-refractivity contribution < 1.29 is 9.59 Å². The van der Waals surface area contributed by atoms with Gasteiger partial charge in [0.2, 0.25) is 5.91 Å². The van der Waals surface area contributed by atoms with Crippen molar-refractivity contribution in [3.63, 3.8) is 0 Å². The van der Waals surface area contributed by atoms with E-state index in [2.05, 4.69) is 10.6 Å². The highest BCUT2D eigenvalue weighted by Gasteiger charge is 2.48. The lowest BCUT2D eigenvalue weighted by Crippen LogP contribution is -2.47. The van der Waals surface area contributed by atoms with Crippen LogP contribution in [0.4, 0.5) is 0 Å². The molecular weight excluding hydrogens is 378 g/mol. The number of carbonyl (C=O) groups is 2. The molecule has 3 fully saturated rings. The lowest BCUT2D eigenvalue weighted by molar-refractivity contribution is -0.131. The summed E-state index contributed by atoms with van der Waals surface area (Å²) < 4.78 is 0. The van der Waals surface area contributed by atoms with Crippen LogP contribution in [0.1, 0.15) is 83.5 Å². The average molecular weight is 418 g/mol. The molecule has 7 heteroatoms. The average Bonchev–Trinajstić information content (AvgIpc) is 3.24. The second-order valence-corrected chi connectivity index (χ2v) is 10.1. The minimum atomic E-state index is -0.673. The molecule has 4 rings (SSSR count). The van der Waals surface area contributed by atoms with E-state index in [9.17, 15) is 9.59 Å². The Kier molecular flexibility index (Phi) is 6.66. The first kappa shape index (κ1) is 21.6. The summed E-state index contributed by atoms with van der Waals surface area (Å²) in [7, 11) is 1.76. The van der Waals surface area contributed by atoms with E-state index in [1.54, 1.807) is 11.9 Å². The third-order valence-electron chi connectivity index (χ3n) is 7.96. The van der Waals surface area contributed by atoms with E-state index < -0.39 is 5.54 Å². The number of hydrogen-bond donors (Lipinski definition) is 3. The zero-order valence-electron chi connectivity index (χ0n) is 18.5. The van der Waals surface area contributed by atoms with Crippen LogP contribution in [0.3, 0.4) is 0 Å². The van der Waals surface area contributed by atoms with Gasteiger partial charge in [-0.15, -0.1) is 0 Å². The number of aliphatic imine (C=N–C) groups is 1. The molecule has 7 nitrogen and oxygen atoms in total. The van der Waals surface area contributed by atoms with E-state index in [0.717, 1.165) is 63.8 Å². The number of rotatable bonds is 7. The van der Waals surface area contributed by atoms with Gasteiger partial charge in [0.15, 0.2) is 5.96 Å². The van der Waals surface area contributed by atoms with E-state index >= 15 is 0 Å². The van der Waals surface area contributed by atoms with E-state index in [-0.39, 0.29) is 17.9 Å². The Morgan fingerprint density at radius 2 is 1.87 bits per heavy atom. The number of amides is 2. The smallest absolute Gasteiger partial charge is 0.257 e. The summed E-state index contributed by atoms with van der Waals surface area (Å²) in [5.41, 5.74) is 5.43. The molecule has 0 radical (unpaired) electrons. The maximum absolute atomic E-state index is 13.3. The lowest BCUT2D eigenvalue weighted by atomic mass is 9.74. The Labute approximate surface area is 180 Å². The van der Waals surface area contributed by atoms with Crippen molar-refractivity contribution in [2.75, 3.05) is 13.6 Å². The molecule has 0 aromatic rings. The molecule has 168 valence electrons. The van der Waals surface area contributed by atoms with Gasteiger partial charge < -0.3 is 16.4 Å². The maximum atomic E-state index is 13.3. The molecule has 2 aliphatic carbocycles. The SMILES string of the molecule is CN1C(=O)[C@@](CCC2CCCCC2)(CC2CCC[C@H](N[C@H]3CCNC3=O)C2)N=C1N. The molecule has 2 amide bonds. The van der Waals surface area contributed by atoms with Crippen LogP contribution < -0.4 is 16.4 Å². The molecule has 30 heavy (non-hydrogen) atoms. The number of nitrogens with one attached hydrogen (secondary N) is 2. The topological polar surface area (TPSA) is 99.8 Å². The highest BCUT2D eigenvalue weighted by molar-refractivity contribution is 6.06. The summed E-state index contributed by atoms with van der Waals surface area (Å²) in [6.45, 7) is 0.770. The summed E-state index contributed by atoms with van der Waals surface area (Å²) >= 11 is 0. The fourth-order valence-corrected chi connectivity index (χ4v) is 6.22. The molecule has 4 aliphatic rings. The monoisotopic (exact) mass is 417 g/mol. The van der Waals surface area contributed by atoms with Crippen molar-refractivity contribution in [2.24, 2.45) is 22.6 Å². The van der Waals surface area contributed by atoms with Crippen LogP contribution in [0, 0.1) is 11.8 Å². The lowest BCUT2D eigenvalue weighted by Gasteiger charge is -2.36. The van der Waals surface area contributed by atoms with E-state index in [0.29, 0.717) is 17.9 Å². The van der Waals surface area contributed by atoms with Gasteiger partial charge in [0.1, 0.15) is 5.54 Å². The van der Waals surface area contributed by atoms with E-state index in [1.807, 2.05) is 0 Å². The molecule has 2 heterocycles. The van der Waals surface area contributed by atoms with Gasteiger partial charge in [-0.3, -0.25) is 14.5 Å². The Morgan fingerprint density at radius 3 is 2.53 bits per heavy atom. The molecule has 2 saturated carbocycles. The van der Waals surface area contributed by atoms with Gasteiger partial charge in [0.25, 0.3) is 5.91 Å². The van der Waals surface area contributed by atoms with Gasteiger partial charge in [-0.1, -0.05) is 44.9 Å². The predicted molar refractivity (Wildman–Crippen MR) is 118 cm³/mol. The van der Waals surface area contributed by atoms with Crippen LogP contribution in [0.15, 0.2) is 4.99 Å². The van der Waals surface area contributed by atoms with Crippen LogP contribution in [0.2, 0.25) is 0 Å². The van der Waals surface area contributed by atoms with Crippen molar-refractivity contribution in [1.82, 2.24) is 15.5 Å². The second-order valence-electron chi connectivity index (χ2n) is 10.1. The summed E-state index contributed by atoms with van der Waals surface area (Å²) in [6, 6.07) is 0.297. The molecular formula is C23H39N5O2. The molecule has 4 atom stereocenters. The molecule has 0 spiro atoms. The van der Waals surface area contributed by atoms with Crippen molar-refractivity contribution in [2.45, 2.75) is 101 Å². The first-order chi connectivity index (χ1) is 14.5. The zero-order valence-corrected chi connectivity index (χ0v) is 18.5. The van der Waals surface area contributed by atoms with Gasteiger partial charge in [0.05, 0.1) is 6.04 Å². The number of nitrogens with two attached hydrogens (primary N) is 1. The predicted octanol–water partition coefficient (Wildman–Crippen LogP) is 2.30. The molecule has 1 saturated heterocycles. The van der Waals surface area contributed by atoms with Crippen LogP contribution >= 0.6 is 0 Å². The fraction of sp³-hybridized carbons (Fsp3) is 0.870. The van der Waals surface area contributed by atoms with Crippen molar-refractivity contribution in [1.29, 1.82) is 0 Å². The van der Waals surface area contributed by atoms with Gasteiger partial charge in [-0.05, 0) is 50.4 Å². The summed E-state index contributed by atoms with van der Waals surface area (Å²) in [6.07, 6.45) is 14.5. The number of hydrogen-bond acceptors (Lipinski definition) is 5. The molecule has 1 unspecified atom stereocenters. The van der Waals surface area contributed by atoms with Crippen molar-refractivity contribution in [3.8, 4) is 0 Å². The van der Waals surface area contributed by atoms with E-state index in [1.165, 1.54) is 32.1 Å². The first-order valence-electron chi connectivity index (χ1n) is 12.1. The second kappa shape index (κ2) is 9.25. The highest BCUT2D eigenvalue weighted by Crippen LogP contribution is 2.40. The Hall–Kier alpha value is -1.63. The third kappa shape index (κ3) is 4.66. The minimum absolute atomic E-state index is 0.0538. The maximum Gasteiger partial charge on any atom is 0.257 e. The van der Waals surface area contributed by atoms with E-state index in [4.69, 9.17) is 10.7 Å². The third-order valence-corrected chi connectivity index (χ3v) is 7.96. The Bertz CT molecular complexity index is 675. The van der Waals surface area contributed by atoms with Gasteiger partial charge in [-0.25, -0.2) is 4.99 Å². The van der Waals surface area contributed by atoms with Gasteiger partial charge in [0, 0.05) is 19.6 Å². The number of carbonyl (C=O) groups excluding carboxylic acids is 2. The number of likely N-dealkylation sites (N-methyl/N-ethyl adjacent to an activating group) is 1. The molecule has 0 aromatic carbocycles. The van der Waals surface area contributed by atoms with Gasteiger partial charge in [-0.2, -0.15) is 0 Å². The Morgan fingerprint density at radius 1 is 1.10 bits per heavy atom. The normalized spacial score (nSPS) is 35.6. The van der Waals surface area contributed by atoms with Crippen molar-refractivity contribution >= 4 is 17.8 Å². The molecule has 0 aromatic heterocycles. The number of nitrogens with zero attached hydrogens (tertiary/aromatic N) is 2. The molecule has 4 N–H and O–H groups in total. The first-order valence-corrected chi connectivity index (χ1v) is 12.1. The molecule has 2 aliphatic heterocycles. The van der Waals surface area contributed by atoms with Crippen molar-refractivity contribution in [3.05, 3.63) is 0 Å². The summed E-state index contributed by atoms with van der Waals surface area (Å²) in [5.74, 6) is 1.76. The quantitative estimate of drug-likeness (QED) is 0.592. The van der Waals surface area contributed by atoms with Crippen LogP contribution in [0.5, 0.6) is 0 Å². The molecule has 0 bridgehead atoms. The zero-order chi connectivity index (χ0) is 21.1. The van der Waals surface area contributed by atoms with Crippen LogP contribution in [-0.4, -0.2) is 53.9 Å².